The van der Waals surface area contributed by atoms with Crippen LogP contribution in [0.4, 0.5) is 0 Å². The van der Waals surface area contributed by atoms with Crippen LogP contribution in [0.2, 0.25) is 0 Å². The highest BCUT2D eigenvalue weighted by Crippen LogP contribution is 2.28. The van der Waals surface area contributed by atoms with Gasteiger partial charge in [-0.15, -0.1) is 0 Å². The number of piperidine rings is 1. The van der Waals surface area contributed by atoms with Gasteiger partial charge in [0, 0.05) is 20.1 Å². The molecular weight excluding hydrogens is 362 g/mol. The second-order valence-corrected chi connectivity index (χ2v) is 8.23. The minimum absolute atomic E-state index is 0.0606. The van der Waals surface area contributed by atoms with Crippen molar-refractivity contribution < 1.29 is 27.3 Å². The summed E-state index contributed by atoms with van der Waals surface area (Å²) in [5.41, 5.74) is 0.301. The molecule has 9 nitrogen and oxygen atoms in total. The van der Waals surface area contributed by atoms with Crippen LogP contribution < -0.4 is 0 Å². The molecule has 1 aliphatic rings. The highest BCUT2D eigenvalue weighted by atomic mass is 32.2. The van der Waals surface area contributed by atoms with Gasteiger partial charge in [0.15, 0.2) is 5.76 Å². The van der Waals surface area contributed by atoms with Gasteiger partial charge in [-0.05, 0) is 33.6 Å². The molecule has 0 saturated carbocycles. The van der Waals surface area contributed by atoms with E-state index in [-0.39, 0.29) is 36.3 Å². The van der Waals surface area contributed by atoms with Gasteiger partial charge in [0.05, 0.1) is 12.5 Å². The van der Waals surface area contributed by atoms with E-state index >= 15 is 0 Å². The number of carbonyl (C=O) groups is 2. The van der Waals surface area contributed by atoms with Crippen molar-refractivity contribution in [2.24, 2.45) is 5.92 Å². The molecule has 2 heterocycles. The Morgan fingerprint density at radius 3 is 2.65 bits per heavy atom. The normalized spacial score (nSPS) is 18.5. The van der Waals surface area contributed by atoms with E-state index in [1.54, 1.807) is 20.8 Å². The predicted molar refractivity (Wildman–Crippen MR) is 91.7 cm³/mol. The number of ether oxygens (including phenoxy) is 1. The van der Waals surface area contributed by atoms with E-state index in [2.05, 4.69) is 5.16 Å². The predicted octanol–water partition coefficient (Wildman–Crippen LogP) is 0.714. The van der Waals surface area contributed by atoms with Gasteiger partial charge in [-0.3, -0.25) is 9.59 Å². The molecule has 1 aliphatic heterocycles. The molecule has 0 spiro atoms. The number of aryl methyl sites for hydroxylation is 2. The molecule has 1 amide bonds. The lowest BCUT2D eigenvalue weighted by atomic mass is 9.98. The second-order valence-electron chi connectivity index (χ2n) is 6.35. The van der Waals surface area contributed by atoms with Gasteiger partial charge in [-0.1, -0.05) is 5.16 Å². The van der Waals surface area contributed by atoms with Gasteiger partial charge in [0.2, 0.25) is 15.9 Å². The molecule has 0 aliphatic carbocycles. The lowest BCUT2D eigenvalue weighted by Gasteiger charge is -2.32. The summed E-state index contributed by atoms with van der Waals surface area (Å²) in [6.45, 7) is 5.30. The molecular formula is C16H25N3O6S. The van der Waals surface area contributed by atoms with Crippen molar-refractivity contribution in [2.75, 3.05) is 33.3 Å². The number of likely N-dealkylation sites (N-methyl/N-ethyl adjacent to an activating group) is 1. The minimum atomic E-state index is -3.79. The van der Waals surface area contributed by atoms with Gasteiger partial charge < -0.3 is 14.2 Å². The number of hydrogen-bond donors (Lipinski definition) is 0. The molecule has 1 fully saturated rings. The number of aromatic nitrogens is 1. The van der Waals surface area contributed by atoms with Crippen molar-refractivity contribution in [1.29, 1.82) is 0 Å². The van der Waals surface area contributed by atoms with Crippen LogP contribution in [0.25, 0.3) is 0 Å². The topological polar surface area (TPSA) is 110 Å². The van der Waals surface area contributed by atoms with Crippen LogP contribution in [-0.2, 0) is 24.3 Å². The maximum Gasteiger partial charge on any atom is 0.325 e. The van der Waals surface area contributed by atoms with E-state index in [1.165, 1.54) is 16.3 Å². The van der Waals surface area contributed by atoms with Crippen molar-refractivity contribution in [3.8, 4) is 0 Å². The first-order chi connectivity index (χ1) is 12.2. The van der Waals surface area contributed by atoms with E-state index in [1.807, 2.05) is 0 Å². The summed E-state index contributed by atoms with van der Waals surface area (Å²) >= 11 is 0. The fourth-order valence-electron chi connectivity index (χ4n) is 3.12. The van der Waals surface area contributed by atoms with E-state index in [0.29, 0.717) is 25.1 Å². The van der Waals surface area contributed by atoms with Gasteiger partial charge in [-0.2, -0.15) is 4.31 Å². The molecule has 1 aromatic rings. The lowest BCUT2D eigenvalue weighted by molar-refractivity contribution is -0.149. The van der Waals surface area contributed by atoms with Gasteiger partial charge in [0.25, 0.3) is 0 Å². The molecule has 26 heavy (non-hydrogen) atoms. The van der Waals surface area contributed by atoms with Gasteiger partial charge >= 0.3 is 5.97 Å². The van der Waals surface area contributed by atoms with Crippen LogP contribution in [0.3, 0.4) is 0 Å². The fraction of sp³-hybridized carbons (Fsp3) is 0.688. The molecule has 1 atom stereocenters. The van der Waals surface area contributed by atoms with E-state index in [0.717, 1.165) is 0 Å². The molecule has 0 radical (unpaired) electrons. The zero-order valence-electron chi connectivity index (χ0n) is 15.5. The standard InChI is InChI=1S/C16H25N3O6S/c1-5-24-14(20)10-18(4)16(21)13-7-6-8-19(9-13)26(22,23)15-11(2)17-25-12(15)3/h13H,5-10H2,1-4H3. The minimum Gasteiger partial charge on any atom is -0.465 e. The Morgan fingerprint density at radius 2 is 2.08 bits per heavy atom. The van der Waals surface area contributed by atoms with Gasteiger partial charge in [-0.25, -0.2) is 8.42 Å². The summed E-state index contributed by atoms with van der Waals surface area (Å²) in [7, 11) is -2.27. The Bertz CT molecular complexity index is 753. The lowest BCUT2D eigenvalue weighted by Crippen LogP contribution is -2.47. The van der Waals surface area contributed by atoms with Crippen molar-refractivity contribution in [3.63, 3.8) is 0 Å². The van der Waals surface area contributed by atoms with Crippen molar-refractivity contribution >= 4 is 21.9 Å². The summed E-state index contributed by atoms with van der Waals surface area (Å²) in [6.07, 6.45) is 1.13. The average molecular weight is 387 g/mol. The molecule has 146 valence electrons. The van der Waals surface area contributed by atoms with Crippen LogP contribution >= 0.6 is 0 Å². The third-order valence-electron chi connectivity index (χ3n) is 4.35. The number of carbonyl (C=O) groups excluding carboxylic acids is 2. The number of nitrogens with zero attached hydrogens (tertiary/aromatic N) is 3. The van der Waals surface area contributed by atoms with Crippen LogP contribution in [0.5, 0.6) is 0 Å². The Morgan fingerprint density at radius 1 is 1.38 bits per heavy atom. The maximum absolute atomic E-state index is 12.9. The third kappa shape index (κ3) is 4.24. The van der Waals surface area contributed by atoms with Crippen LogP contribution in [-0.4, -0.2) is 67.9 Å². The SMILES string of the molecule is CCOC(=O)CN(C)C(=O)C1CCCN(S(=O)(=O)c2c(C)noc2C)C1. The van der Waals surface area contributed by atoms with E-state index in [4.69, 9.17) is 9.26 Å². The number of hydrogen-bond acceptors (Lipinski definition) is 7. The largest absolute Gasteiger partial charge is 0.465 e. The summed E-state index contributed by atoms with van der Waals surface area (Å²) in [6, 6.07) is 0. The second kappa shape index (κ2) is 8.17. The summed E-state index contributed by atoms with van der Waals surface area (Å²) in [4.78, 5) is 25.5. The zero-order valence-corrected chi connectivity index (χ0v) is 16.3. The molecule has 2 rings (SSSR count). The monoisotopic (exact) mass is 387 g/mol. The molecule has 10 heteroatoms. The fourth-order valence-corrected chi connectivity index (χ4v) is 4.94. The Balaban J connectivity index is 2.11. The van der Waals surface area contributed by atoms with Crippen LogP contribution in [0.15, 0.2) is 9.42 Å². The quantitative estimate of drug-likeness (QED) is 0.661. The first kappa shape index (κ1) is 20.4. The molecule has 0 aromatic carbocycles. The highest BCUT2D eigenvalue weighted by Gasteiger charge is 2.37. The molecule has 1 aromatic heterocycles. The zero-order chi connectivity index (χ0) is 19.5. The molecule has 0 N–H and O–H groups in total. The third-order valence-corrected chi connectivity index (χ3v) is 6.46. The summed E-state index contributed by atoms with van der Waals surface area (Å²) in [5, 5.41) is 3.70. The Kier molecular flexibility index (Phi) is 6.40. The van der Waals surface area contributed by atoms with Crippen LogP contribution in [0.1, 0.15) is 31.2 Å². The average Bonchev–Trinajstić information content (AvgIpc) is 2.93. The maximum atomic E-state index is 12.9. The molecule has 0 bridgehead atoms. The summed E-state index contributed by atoms with van der Waals surface area (Å²) < 4.78 is 36.9. The smallest absolute Gasteiger partial charge is 0.325 e. The van der Waals surface area contributed by atoms with Crippen molar-refractivity contribution in [2.45, 2.75) is 38.5 Å². The first-order valence-corrected chi connectivity index (χ1v) is 9.96. The van der Waals surface area contributed by atoms with E-state index in [9.17, 15) is 18.0 Å². The number of sulfonamides is 1. The van der Waals surface area contributed by atoms with Crippen molar-refractivity contribution in [1.82, 2.24) is 14.4 Å². The van der Waals surface area contributed by atoms with Gasteiger partial charge in [0.1, 0.15) is 17.1 Å². The van der Waals surface area contributed by atoms with Crippen LogP contribution in [0, 0.1) is 19.8 Å². The number of rotatable bonds is 6. The molecule has 1 saturated heterocycles. The Labute approximate surface area is 153 Å². The first-order valence-electron chi connectivity index (χ1n) is 8.52. The molecule has 1 unspecified atom stereocenters. The highest BCUT2D eigenvalue weighted by molar-refractivity contribution is 7.89. The number of amides is 1. The van der Waals surface area contributed by atoms with Crippen molar-refractivity contribution in [3.05, 3.63) is 11.5 Å². The van der Waals surface area contributed by atoms with E-state index < -0.39 is 21.9 Å². The Hall–Kier alpha value is -1.94. The summed E-state index contributed by atoms with van der Waals surface area (Å²) in [5.74, 6) is -1.02. The number of esters is 1.